The molecule has 0 bridgehead atoms. The van der Waals surface area contributed by atoms with Gasteiger partial charge in [0.25, 0.3) is 26.0 Å². The first-order chi connectivity index (χ1) is 17.9. The van der Waals surface area contributed by atoms with E-state index >= 15 is 0 Å². The maximum atomic E-state index is 12.9. The number of hydrogen-bond acceptors (Lipinski definition) is 5. The minimum atomic E-state index is -3.88. The number of benzene rings is 4. The van der Waals surface area contributed by atoms with Crippen molar-refractivity contribution in [1.82, 2.24) is 0 Å². The van der Waals surface area contributed by atoms with Crippen LogP contribution in [0, 0.1) is 13.8 Å². The summed E-state index contributed by atoms with van der Waals surface area (Å²) in [6.07, 6.45) is 0. The largest absolute Gasteiger partial charge is 0.322 e. The molecule has 4 rings (SSSR count). The van der Waals surface area contributed by atoms with Crippen LogP contribution < -0.4 is 14.8 Å². The van der Waals surface area contributed by atoms with Gasteiger partial charge in [-0.2, -0.15) is 0 Å². The second-order valence-electron chi connectivity index (χ2n) is 8.56. The predicted molar refractivity (Wildman–Crippen MR) is 150 cm³/mol. The lowest BCUT2D eigenvalue weighted by molar-refractivity contribution is 0.102. The summed E-state index contributed by atoms with van der Waals surface area (Å²) in [7, 11) is -7.70. The summed E-state index contributed by atoms with van der Waals surface area (Å²) in [4.78, 5) is 13.0. The summed E-state index contributed by atoms with van der Waals surface area (Å²) in [6, 6.07) is 23.1. The fourth-order valence-electron chi connectivity index (χ4n) is 3.45. The molecule has 0 aliphatic carbocycles. The van der Waals surface area contributed by atoms with Crippen molar-refractivity contribution in [1.29, 1.82) is 0 Å². The Hall–Kier alpha value is -3.86. The lowest BCUT2D eigenvalue weighted by Crippen LogP contribution is -2.16. The van der Waals surface area contributed by atoms with E-state index in [0.29, 0.717) is 11.4 Å². The van der Waals surface area contributed by atoms with Gasteiger partial charge < -0.3 is 5.32 Å². The molecule has 4 aromatic carbocycles. The molecule has 8 nitrogen and oxygen atoms in total. The second kappa shape index (κ2) is 10.9. The van der Waals surface area contributed by atoms with Crippen LogP contribution in [0.15, 0.2) is 101 Å². The summed E-state index contributed by atoms with van der Waals surface area (Å²) in [5, 5.41) is 2.76. The number of hydrogen-bond donors (Lipinski definition) is 3. The Morgan fingerprint density at radius 2 is 1.03 bits per heavy atom. The van der Waals surface area contributed by atoms with E-state index in [1.165, 1.54) is 54.6 Å². The number of aryl methyl sites for hydroxylation is 2. The number of sulfonamides is 2. The normalized spacial score (nSPS) is 11.6. The number of carbonyl (C=O) groups excluding carboxylic acids is 1. The van der Waals surface area contributed by atoms with Gasteiger partial charge in [-0.05, 0) is 80.6 Å². The van der Waals surface area contributed by atoms with Crippen molar-refractivity contribution in [3.8, 4) is 0 Å². The van der Waals surface area contributed by atoms with Crippen LogP contribution in [-0.4, -0.2) is 22.7 Å². The number of amides is 1. The Kier molecular flexibility index (Phi) is 7.77. The summed E-state index contributed by atoms with van der Waals surface area (Å²) in [6.45, 7) is 3.75. The topological polar surface area (TPSA) is 121 Å². The maximum absolute atomic E-state index is 12.9. The van der Waals surface area contributed by atoms with Crippen LogP contribution in [0.4, 0.5) is 17.1 Å². The highest BCUT2D eigenvalue weighted by Gasteiger charge is 2.18. The Morgan fingerprint density at radius 1 is 0.605 bits per heavy atom. The van der Waals surface area contributed by atoms with E-state index in [1.807, 2.05) is 13.8 Å². The SMILES string of the molecule is Cc1ccc(NS(=O)(=O)c2ccc(NC(=O)c3cc(NS(=O)(=O)c4ccc(C)cc4)ccc3Cl)cc2)cc1. The number of halogens is 1. The Morgan fingerprint density at radius 3 is 1.58 bits per heavy atom. The van der Waals surface area contributed by atoms with Crippen molar-refractivity contribution in [2.45, 2.75) is 23.6 Å². The molecule has 0 fully saturated rings. The highest BCUT2D eigenvalue weighted by Crippen LogP contribution is 2.25. The summed E-state index contributed by atoms with van der Waals surface area (Å²) >= 11 is 6.21. The first-order valence-corrected chi connectivity index (χ1v) is 14.7. The molecule has 0 spiro atoms. The van der Waals surface area contributed by atoms with Crippen LogP contribution in [-0.2, 0) is 20.0 Å². The fourth-order valence-corrected chi connectivity index (χ4v) is 5.76. The van der Waals surface area contributed by atoms with Crippen molar-refractivity contribution >= 4 is 54.6 Å². The van der Waals surface area contributed by atoms with Crippen LogP contribution in [0.25, 0.3) is 0 Å². The minimum Gasteiger partial charge on any atom is -0.322 e. The molecule has 3 N–H and O–H groups in total. The molecule has 196 valence electrons. The molecule has 0 heterocycles. The van der Waals surface area contributed by atoms with Crippen molar-refractivity contribution in [2.24, 2.45) is 0 Å². The van der Waals surface area contributed by atoms with Crippen LogP contribution in [0.5, 0.6) is 0 Å². The molecule has 0 radical (unpaired) electrons. The molecular formula is C27H24ClN3O5S2. The molecule has 4 aromatic rings. The number of carbonyl (C=O) groups is 1. The molecule has 11 heteroatoms. The van der Waals surface area contributed by atoms with E-state index in [4.69, 9.17) is 11.6 Å². The lowest BCUT2D eigenvalue weighted by Gasteiger charge is -2.12. The van der Waals surface area contributed by atoms with Crippen molar-refractivity contribution in [2.75, 3.05) is 14.8 Å². The molecule has 0 aliphatic heterocycles. The molecule has 0 saturated carbocycles. The Balaban J connectivity index is 1.48. The van der Waals surface area contributed by atoms with Gasteiger partial charge in [-0.3, -0.25) is 14.2 Å². The summed E-state index contributed by atoms with van der Waals surface area (Å²) in [5.41, 5.74) is 2.87. The summed E-state index contributed by atoms with van der Waals surface area (Å²) < 4.78 is 55.8. The van der Waals surface area contributed by atoms with Gasteiger partial charge in [0.2, 0.25) is 0 Å². The molecular weight excluding hydrogens is 546 g/mol. The molecule has 0 aromatic heterocycles. The molecule has 38 heavy (non-hydrogen) atoms. The molecule has 0 atom stereocenters. The highest BCUT2D eigenvalue weighted by molar-refractivity contribution is 7.93. The average Bonchev–Trinajstić information content (AvgIpc) is 2.87. The zero-order valence-electron chi connectivity index (χ0n) is 20.4. The number of rotatable bonds is 8. The summed E-state index contributed by atoms with van der Waals surface area (Å²) in [5.74, 6) is -0.597. The van der Waals surface area contributed by atoms with E-state index in [9.17, 15) is 21.6 Å². The first-order valence-electron chi connectivity index (χ1n) is 11.3. The van der Waals surface area contributed by atoms with E-state index in [1.54, 1.807) is 36.4 Å². The van der Waals surface area contributed by atoms with Crippen molar-refractivity contribution < 1.29 is 21.6 Å². The standard InChI is InChI=1S/C27H24ClN3O5S2/c1-18-3-7-21(8-4-18)30-37(33,34)24-14-9-20(10-15-24)29-27(32)25-17-22(11-16-26(25)28)31-38(35,36)23-12-5-19(2)6-13-23/h3-17,30-31H,1-2H3,(H,29,32). The number of nitrogens with one attached hydrogen (secondary N) is 3. The van der Waals surface area contributed by atoms with E-state index < -0.39 is 26.0 Å². The monoisotopic (exact) mass is 569 g/mol. The average molecular weight is 570 g/mol. The van der Waals surface area contributed by atoms with Crippen LogP contribution in [0.3, 0.4) is 0 Å². The van der Waals surface area contributed by atoms with Gasteiger partial charge in [0, 0.05) is 17.1 Å². The van der Waals surface area contributed by atoms with Gasteiger partial charge in [-0.1, -0.05) is 47.0 Å². The van der Waals surface area contributed by atoms with Gasteiger partial charge >= 0.3 is 0 Å². The molecule has 0 aliphatic rings. The highest BCUT2D eigenvalue weighted by atomic mass is 35.5. The molecule has 0 saturated heterocycles. The van der Waals surface area contributed by atoms with Gasteiger partial charge in [0.05, 0.1) is 20.4 Å². The van der Waals surface area contributed by atoms with Crippen molar-refractivity contribution in [3.05, 3.63) is 113 Å². The predicted octanol–water partition coefficient (Wildman–Crippen LogP) is 5.81. The van der Waals surface area contributed by atoms with Crippen molar-refractivity contribution in [3.63, 3.8) is 0 Å². The van der Waals surface area contributed by atoms with Gasteiger partial charge in [-0.25, -0.2) is 16.8 Å². The zero-order valence-corrected chi connectivity index (χ0v) is 22.8. The zero-order chi connectivity index (χ0) is 27.5. The Bertz CT molecular complexity index is 1690. The van der Waals surface area contributed by atoms with E-state index in [0.717, 1.165) is 11.1 Å². The fraction of sp³-hybridized carbons (Fsp3) is 0.0741. The second-order valence-corrected chi connectivity index (χ2v) is 12.3. The third kappa shape index (κ3) is 6.52. The lowest BCUT2D eigenvalue weighted by atomic mass is 10.2. The van der Waals surface area contributed by atoms with Crippen LogP contribution in [0.1, 0.15) is 21.5 Å². The first kappa shape index (κ1) is 27.2. The third-order valence-electron chi connectivity index (χ3n) is 5.52. The molecule has 1 amide bonds. The van der Waals surface area contributed by atoms with E-state index in [2.05, 4.69) is 14.8 Å². The maximum Gasteiger partial charge on any atom is 0.261 e. The third-order valence-corrected chi connectivity index (χ3v) is 8.64. The smallest absolute Gasteiger partial charge is 0.261 e. The molecule has 0 unspecified atom stereocenters. The number of anilines is 3. The Labute approximate surface area is 226 Å². The quantitative estimate of drug-likeness (QED) is 0.247. The van der Waals surface area contributed by atoms with E-state index in [-0.39, 0.29) is 26.1 Å². The van der Waals surface area contributed by atoms with Gasteiger partial charge in [0.15, 0.2) is 0 Å². The van der Waals surface area contributed by atoms with Gasteiger partial charge in [0.1, 0.15) is 0 Å². The van der Waals surface area contributed by atoms with Gasteiger partial charge in [-0.15, -0.1) is 0 Å². The van der Waals surface area contributed by atoms with Crippen LogP contribution >= 0.6 is 11.6 Å². The van der Waals surface area contributed by atoms with Crippen LogP contribution in [0.2, 0.25) is 5.02 Å². The minimum absolute atomic E-state index is 0.0154.